The minimum absolute atomic E-state index is 0.194. The van der Waals surface area contributed by atoms with Crippen LogP contribution in [-0.2, 0) is 0 Å². The molecule has 1 N–H and O–H groups in total. The first-order chi connectivity index (χ1) is 13.7. The molecular weight excluding hydrogens is 354 g/mol. The van der Waals surface area contributed by atoms with Crippen molar-refractivity contribution in [1.29, 1.82) is 0 Å². The molecule has 0 aliphatic heterocycles. The molecule has 0 aliphatic carbocycles. The van der Waals surface area contributed by atoms with E-state index in [1.54, 1.807) is 18.3 Å². The highest BCUT2D eigenvalue weighted by Crippen LogP contribution is 2.24. The Bertz CT molecular complexity index is 1130. The summed E-state index contributed by atoms with van der Waals surface area (Å²) in [7, 11) is 0. The Balaban J connectivity index is 1.48. The summed E-state index contributed by atoms with van der Waals surface area (Å²) in [4.78, 5) is 12.4. The van der Waals surface area contributed by atoms with Crippen LogP contribution in [0.2, 0.25) is 0 Å². The molecule has 4 aromatic rings. The summed E-state index contributed by atoms with van der Waals surface area (Å²) in [6.07, 6.45) is 3.54. The Hall–Kier alpha value is -3.80. The maximum Gasteiger partial charge on any atom is 0.307 e. The van der Waals surface area contributed by atoms with Crippen LogP contribution in [0.5, 0.6) is 5.75 Å². The number of benzene rings is 2. The summed E-state index contributed by atoms with van der Waals surface area (Å²) in [5.41, 5.74) is 4.99. The number of fused-ring (bicyclic) bond motifs is 1. The van der Waals surface area contributed by atoms with E-state index in [0.29, 0.717) is 12.2 Å². The van der Waals surface area contributed by atoms with Gasteiger partial charge in [0.05, 0.1) is 18.5 Å². The molecule has 0 aliphatic rings. The number of hydrogen-bond acceptors (Lipinski definition) is 4. The van der Waals surface area contributed by atoms with Crippen molar-refractivity contribution in [2.45, 2.75) is 6.92 Å². The Morgan fingerprint density at radius 2 is 2.00 bits per heavy atom. The quantitative estimate of drug-likeness (QED) is 0.403. The second-order valence-corrected chi connectivity index (χ2v) is 6.08. The van der Waals surface area contributed by atoms with E-state index in [-0.39, 0.29) is 5.76 Å². The van der Waals surface area contributed by atoms with Gasteiger partial charge in [0.2, 0.25) is 0 Å². The van der Waals surface area contributed by atoms with Crippen molar-refractivity contribution in [2.75, 3.05) is 6.61 Å². The van der Waals surface area contributed by atoms with E-state index in [1.165, 1.54) is 0 Å². The number of carbonyl (C=O) groups excluding carboxylic acids is 1. The van der Waals surface area contributed by atoms with Gasteiger partial charge in [-0.15, -0.1) is 0 Å². The zero-order valence-corrected chi connectivity index (χ0v) is 15.3. The first-order valence-corrected chi connectivity index (χ1v) is 8.97. The van der Waals surface area contributed by atoms with E-state index < -0.39 is 5.91 Å². The van der Waals surface area contributed by atoms with Gasteiger partial charge in [-0.1, -0.05) is 18.2 Å². The number of nitrogens with zero attached hydrogens (tertiary/aromatic N) is 2. The normalized spacial score (nSPS) is 11.2. The largest absolute Gasteiger partial charge is 0.494 e. The first-order valence-electron chi connectivity index (χ1n) is 8.97. The molecule has 0 bridgehead atoms. The highest BCUT2D eigenvalue weighted by molar-refractivity contribution is 5.96. The van der Waals surface area contributed by atoms with Crippen LogP contribution in [-0.4, -0.2) is 23.3 Å². The van der Waals surface area contributed by atoms with Crippen molar-refractivity contribution in [1.82, 2.24) is 9.99 Å². The second-order valence-electron chi connectivity index (χ2n) is 6.08. The van der Waals surface area contributed by atoms with Crippen LogP contribution in [0.15, 0.2) is 82.4 Å². The molecule has 4 rings (SSSR count). The predicted octanol–water partition coefficient (Wildman–Crippen LogP) is 4.39. The summed E-state index contributed by atoms with van der Waals surface area (Å²) >= 11 is 0. The van der Waals surface area contributed by atoms with Gasteiger partial charge in [-0.3, -0.25) is 4.79 Å². The van der Waals surface area contributed by atoms with Crippen LogP contribution in [0.1, 0.15) is 23.2 Å². The lowest BCUT2D eigenvalue weighted by molar-refractivity contribution is 0.0929. The summed E-state index contributed by atoms with van der Waals surface area (Å²) in [5, 5.41) is 4.87. The zero-order valence-electron chi connectivity index (χ0n) is 15.3. The van der Waals surface area contributed by atoms with Gasteiger partial charge in [0.1, 0.15) is 11.3 Å². The molecule has 6 nitrogen and oxygen atoms in total. The molecule has 1 amide bonds. The van der Waals surface area contributed by atoms with Crippen LogP contribution in [0.3, 0.4) is 0 Å². The number of amides is 1. The molecule has 0 saturated heterocycles. The Morgan fingerprint density at radius 3 is 2.82 bits per heavy atom. The maximum absolute atomic E-state index is 12.4. The molecule has 2 heterocycles. The molecular formula is C22H19N3O3. The molecule has 0 atom stereocenters. The third-order valence-corrected chi connectivity index (χ3v) is 4.20. The maximum atomic E-state index is 12.4. The van der Waals surface area contributed by atoms with Gasteiger partial charge < -0.3 is 13.7 Å². The fraction of sp³-hybridized carbons (Fsp3) is 0.0909. The minimum atomic E-state index is -0.414. The number of aromatic nitrogens is 1. The fourth-order valence-corrected chi connectivity index (χ4v) is 2.92. The second kappa shape index (κ2) is 7.84. The number of para-hydroxylation sites is 1. The Morgan fingerprint density at radius 1 is 1.14 bits per heavy atom. The van der Waals surface area contributed by atoms with Crippen molar-refractivity contribution in [3.8, 4) is 11.4 Å². The van der Waals surface area contributed by atoms with Gasteiger partial charge in [-0.2, -0.15) is 5.10 Å². The van der Waals surface area contributed by atoms with Crippen molar-refractivity contribution in [3.63, 3.8) is 0 Å². The van der Waals surface area contributed by atoms with Crippen LogP contribution < -0.4 is 10.2 Å². The van der Waals surface area contributed by atoms with Gasteiger partial charge in [0.15, 0.2) is 5.76 Å². The number of ether oxygens (including phenoxy) is 1. The zero-order chi connectivity index (χ0) is 19.3. The lowest BCUT2D eigenvalue weighted by atomic mass is 10.2. The summed E-state index contributed by atoms with van der Waals surface area (Å²) < 4.78 is 13.0. The SMILES string of the molecule is CCOc1ccc2oc(C(=O)N/N=C/c3cccn3-c3ccccc3)cc2c1. The Labute approximate surface area is 162 Å². The van der Waals surface area contributed by atoms with E-state index in [1.807, 2.05) is 72.3 Å². The van der Waals surface area contributed by atoms with Crippen molar-refractivity contribution >= 4 is 23.1 Å². The summed E-state index contributed by atoms with van der Waals surface area (Å²) in [5.74, 6) is 0.518. The molecule has 140 valence electrons. The molecule has 6 heteroatoms. The molecule has 2 aromatic heterocycles. The number of carbonyl (C=O) groups is 1. The van der Waals surface area contributed by atoms with Crippen molar-refractivity contribution in [3.05, 3.63) is 84.4 Å². The third kappa shape index (κ3) is 3.66. The molecule has 2 aromatic carbocycles. The lowest BCUT2D eigenvalue weighted by Crippen LogP contribution is -2.17. The third-order valence-electron chi connectivity index (χ3n) is 4.20. The van der Waals surface area contributed by atoms with Gasteiger partial charge in [0.25, 0.3) is 0 Å². The summed E-state index contributed by atoms with van der Waals surface area (Å²) in [6.45, 7) is 2.50. The van der Waals surface area contributed by atoms with Crippen LogP contribution >= 0.6 is 0 Å². The van der Waals surface area contributed by atoms with Crippen LogP contribution in [0.4, 0.5) is 0 Å². The van der Waals surface area contributed by atoms with Gasteiger partial charge in [-0.25, -0.2) is 5.43 Å². The highest BCUT2D eigenvalue weighted by Gasteiger charge is 2.12. The molecule has 0 fully saturated rings. The molecule has 0 spiro atoms. The molecule has 0 saturated carbocycles. The number of hydrogen-bond donors (Lipinski definition) is 1. The van der Waals surface area contributed by atoms with Gasteiger partial charge in [0, 0.05) is 17.3 Å². The average molecular weight is 373 g/mol. The first kappa shape index (κ1) is 17.6. The van der Waals surface area contributed by atoms with Crippen molar-refractivity contribution in [2.24, 2.45) is 5.10 Å². The highest BCUT2D eigenvalue weighted by atomic mass is 16.5. The molecule has 0 unspecified atom stereocenters. The predicted molar refractivity (Wildman–Crippen MR) is 108 cm³/mol. The topological polar surface area (TPSA) is 68.8 Å². The van der Waals surface area contributed by atoms with Crippen molar-refractivity contribution < 1.29 is 13.9 Å². The van der Waals surface area contributed by atoms with E-state index in [9.17, 15) is 4.79 Å². The molecule has 0 radical (unpaired) electrons. The Kier molecular flexibility index (Phi) is 4.93. The lowest BCUT2D eigenvalue weighted by Gasteiger charge is -2.05. The number of hydrazone groups is 1. The van der Waals surface area contributed by atoms with E-state index in [2.05, 4.69) is 10.5 Å². The van der Waals surface area contributed by atoms with E-state index in [4.69, 9.17) is 9.15 Å². The van der Waals surface area contributed by atoms with E-state index >= 15 is 0 Å². The van der Waals surface area contributed by atoms with Crippen LogP contribution in [0.25, 0.3) is 16.7 Å². The minimum Gasteiger partial charge on any atom is -0.494 e. The van der Waals surface area contributed by atoms with Crippen LogP contribution in [0, 0.1) is 0 Å². The van der Waals surface area contributed by atoms with E-state index in [0.717, 1.165) is 22.5 Å². The standard InChI is InChI=1S/C22H19N3O3/c1-2-27-19-10-11-20-16(13-19)14-21(28-20)22(26)24-23-15-18-9-6-12-25(18)17-7-4-3-5-8-17/h3-15H,2H2,1H3,(H,24,26)/b23-15+. The van der Waals surface area contributed by atoms with Gasteiger partial charge in [-0.05, 0) is 55.5 Å². The monoisotopic (exact) mass is 373 g/mol. The molecule has 28 heavy (non-hydrogen) atoms. The average Bonchev–Trinajstić information content (AvgIpc) is 3.35. The number of furan rings is 1. The smallest absolute Gasteiger partial charge is 0.307 e. The number of nitrogens with one attached hydrogen (secondary N) is 1. The summed E-state index contributed by atoms with van der Waals surface area (Å²) in [6, 6.07) is 20.9. The number of rotatable bonds is 6. The van der Waals surface area contributed by atoms with Gasteiger partial charge >= 0.3 is 5.91 Å². The fourth-order valence-electron chi connectivity index (χ4n) is 2.92.